The molecule has 0 radical (unpaired) electrons. The number of amides is 1. The van der Waals surface area contributed by atoms with Crippen LogP contribution in [0.25, 0.3) is 11.0 Å². The zero-order chi connectivity index (χ0) is 19.8. The van der Waals surface area contributed by atoms with Crippen LogP contribution >= 0.6 is 0 Å². The van der Waals surface area contributed by atoms with Crippen LogP contribution in [0.1, 0.15) is 30.9 Å². The number of hydrogen-bond donors (Lipinski definition) is 2. The van der Waals surface area contributed by atoms with E-state index in [0.717, 1.165) is 12.0 Å². The highest BCUT2D eigenvalue weighted by Gasteiger charge is 2.35. The van der Waals surface area contributed by atoms with Gasteiger partial charge in [-0.05, 0) is 18.4 Å². The first-order valence-electron chi connectivity index (χ1n) is 9.79. The van der Waals surface area contributed by atoms with E-state index in [9.17, 15) is 9.59 Å². The van der Waals surface area contributed by atoms with Crippen molar-refractivity contribution >= 4 is 29.1 Å². The Hall–Kier alpha value is -3.49. The monoisotopic (exact) mass is 391 g/mol. The maximum Gasteiger partial charge on any atom is 0.285 e. The van der Waals surface area contributed by atoms with Gasteiger partial charge in [-0.25, -0.2) is 5.01 Å². The SMILES string of the molecule is O=C(C1CCN(c2nc(=O)c3cn[nH]c3[nH]2)CC1)N1N=CC[C@H]1c1ccccc1. The van der Waals surface area contributed by atoms with Crippen molar-refractivity contribution in [3.63, 3.8) is 0 Å². The molecule has 1 amide bonds. The van der Waals surface area contributed by atoms with Crippen molar-refractivity contribution in [2.24, 2.45) is 11.0 Å². The van der Waals surface area contributed by atoms with Gasteiger partial charge in [0.05, 0.1) is 12.2 Å². The molecule has 29 heavy (non-hydrogen) atoms. The van der Waals surface area contributed by atoms with Crippen LogP contribution in [0, 0.1) is 5.92 Å². The lowest BCUT2D eigenvalue weighted by Crippen LogP contribution is -2.42. The lowest BCUT2D eigenvalue weighted by Gasteiger charge is -2.34. The fourth-order valence-corrected chi connectivity index (χ4v) is 4.09. The van der Waals surface area contributed by atoms with Crippen LogP contribution in [0.4, 0.5) is 5.95 Å². The molecule has 1 aromatic carbocycles. The Balaban J connectivity index is 1.28. The molecule has 4 heterocycles. The molecule has 2 N–H and O–H groups in total. The Morgan fingerprint density at radius 2 is 1.93 bits per heavy atom. The van der Waals surface area contributed by atoms with E-state index in [1.54, 1.807) is 5.01 Å². The third-order valence-electron chi connectivity index (χ3n) is 5.70. The molecule has 9 nitrogen and oxygen atoms in total. The quantitative estimate of drug-likeness (QED) is 0.708. The lowest BCUT2D eigenvalue weighted by atomic mass is 9.94. The van der Waals surface area contributed by atoms with Gasteiger partial charge in [-0.3, -0.25) is 14.7 Å². The fourth-order valence-electron chi connectivity index (χ4n) is 4.09. The topological polar surface area (TPSA) is 110 Å². The van der Waals surface area contributed by atoms with Crippen LogP contribution in [0.15, 0.2) is 46.4 Å². The Morgan fingerprint density at radius 1 is 1.14 bits per heavy atom. The molecule has 9 heteroatoms. The summed E-state index contributed by atoms with van der Waals surface area (Å²) in [5.41, 5.74) is 1.36. The summed E-state index contributed by atoms with van der Waals surface area (Å²) in [6.07, 6.45) is 5.41. The van der Waals surface area contributed by atoms with Gasteiger partial charge in [0.2, 0.25) is 11.9 Å². The van der Waals surface area contributed by atoms with Gasteiger partial charge in [0.15, 0.2) is 0 Å². The first-order valence-corrected chi connectivity index (χ1v) is 9.79. The average molecular weight is 391 g/mol. The first kappa shape index (κ1) is 17.6. The second-order valence-corrected chi connectivity index (χ2v) is 7.43. The minimum Gasteiger partial charge on any atom is -0.342 e. The predicted octanol–water partition coefficient (Wildman–Crippen LogP) is 1.82. The van der Waals surface area contributed by atoms with Crippen LogP contribution in [0.5, 0.6) is 0 Å². The standard InChI is InChI=1S/C20H21N7O2/c28-18-15-12-21-25-17(15)23-20(24-18)26-10-7-14(8-11-26)19(29)27-16(6-9-22-27)13-4-2-1-3-5-13/h1-5,9,12,14,16H,6-8,10-11H2,(H2,21,23,24,25,28)/t16-/m0/s1. The molecule has 1 saturated heterocycles. The molecular weight excluding hydrogens is 370 g/mol. The molecule has 2 aliphatic rings. The Morgan fingerprint density at radius 3 is 2.72 bits per heavy atom. The molecule has 2 aliphatic heterocycles. The summed E-state index contributed by atoms with van der Waals surface area (Å²) >= 11 is 0. The molecule has 5 rings (SSSR count). The lowest BCUT2D eigenvalue weighted by molar-refractivity contribution is -0.138. The number of aromatic amines is 2. The number of anilines is 1. The summed E-state index contributed by atoms with van der Waals surface area (Å²) in [7, 11) is 0. The number of fused-ring (bicyclic) bond motifs is 1. The van der Waals surface area contributed by atoms with E-state index in [0.29, 0.717) is 42.9 Å². The fraction of sp³-hybridized carbons (Fsp3) is 0.350. The second kappa shape index (κ2) is 7.16. The van der Waals surface area contributed by atoms with Crippen molar-refractivity contribution in [3.8, 4) is 0 Å². The van der Waals surface area contributed by atoms with E-state index >= 15 is 0 Å². The number of hydrogen-bond acceptors (Lipinski definition) is 6. The zero-order valence-electron chi connectivity index (χ0n) is 15.8. The summed E-state index contributed by atoms with van der Waals surface area (Å²) in [6, 6.07) is 9.99. The number of rotatable bonds is 3. The largest absolute Gasteiger partial charge is 0.342 e. The van der Waals surface area contributed by atoms with Crippen LogP contribution in [0.2, 0.25) is 0 Å². The number of H-pyrrole nitrogens is 2. The van der Waals surface area contributed by atoms with Gasteiger partial charge in [-0.1, -0.05) is 30.3 Å². The van der Waals surface area contributed by atoms with Crippen LogP contribution in [0.3, 0.4) is 0 Å². The van der Waals surface area contributed by atoms with E-state index in [4.69, 9.17) is 0 Å². The summed E-state index contributed by atoms with van der Waals surface area (Å²) < 4.78 is 0. The van der Waals surface area contributed by atoms with Crippen LogP contribution in [-0.4, -0.2) is 50.4 Å². The molecular formula is C20H21N7O2. The van der Waals surface area contributed by atoms with E-state index in [1.807, 2.05) is 41.4 Å². The van der Waals surface area contributed by atoms with Gasteiger partial charge < -0.3 is 9.88 Å². The highest BCUT2D eigenvalue weighted by molar-refractivity contribution is 5.82. The summed E-state index contributed by atoms with van der Waals surface area (Å²) in [5.74, 6) is 0.493. The normalized spacial score (nSPS) is 19.9. The summed E-state index contributed by atoms with van der Waals surface area (Å²) in [5, 5.41) is 13.1. The van der Waals surface area contributed by atoms with Crippen LogP contribution < -0.4 is 10.5 Å². The van der Waals surface area contributed by atoms with Gasteiger partial charge in [-0.2, -0.15) is 15.2 Å². The molecule has 0 saturated carbocycles. The molecule has 0 bridgehead atoms. The highest BCUT2D eigenvalue weighted by atomic mass is 16.2. The Bertz CT molecular complexity index is 1110. The van der Waals surface area contributed by atoms with E-state index in [2.05, 4.69) is 25.3 Å². The van der Waals surface area contributed by atoms with E-state index < -0.39 is 0 Å². The number of aromatic nitrogens is 4. The average Bonchev–Trinajstić information content (AvgIpc) is 3.44. The third-order valence-corrected chi connectivity index (χ3v) is 5.70. The minimum absolute atomic E-state index is 0.0254. The highest BCUT2D eigenvalue weighted by Crippen LogP contribution is 2.32. The molecule has 0 unspecified atom stereocenters. The third kappa shape index (κ3) is 3.18. The van der Waals surface area contributed by atoms with Crippen molar-refractivity contribution in [2.45, 2.75) is 25.3 Å². The number of carbonyl (C=O) groups excluding carboxylic acids is 1. The van der Waals surface area contributed by atoms with Crippen molar-refractivity contribution < 1.29 is 4.79 Å². The predicted molar refractivity (Wildman–Crippen MR) is 109 cm³/mol. The molecule has 1 atom stereocenters. The van der Waals surface area contributed by atoms with Crippen LogP contribution in [-0.2, 0) is 4.79 Å². The molecule has 148 valence electrons. The van der Waals surface area contributed by atoms with Gasteiger partial charge in [0, 0.05) is 31.6 Å². The van der Waals surface area contributed by atoms with Crippen molar-refractivity contribution in [1.29, 1.82) is 0 Å². The molecule has 0 aliphatic carbocycles. The van der Waals surface area contributed by atoms with E-state index in [-0.39, 0.29) is 23.4 Å². The smallest absolute Gasteiger partial charge is 0.285 e. The maximum absolute atomic E-state index is 13.1. The summed E-state index contributed by atoms with van der Waals surface area (Å²) in [6.45, 7) is 1.29. The Labute approximate surface area is 166 Å². The molecule has 0 spiro atoms. The zero-order valence-corrected chi connectivity index (χ0v) is 15.8. The van der Waals surface area contributed by atoms with Crippen molar-refractivity contribution in [3.05, 3.63) is 52.4 Å². The van der Waals surface area contributed by atoms with E-state index in [1.165, 1.54) is 6.20 Å². The van der Waals surface area contributed by atoms with Gasteiger partial charge in [0.1, 0.15) is 11.0 Å². The number of benzene rings is 1. The number of carbonyl (C=O) groups is 1. The second-order valence-electron chi connectivity index (χ2n) is 7.43. The van der Waals surface area contributed by atoms with Gasteiger partial charge >= 0.3 is 0 Å². The summed E-state index contributed by atoms with van der Waals surface area (Å²) in [4.78, 5) is 34.5. The number of nitrogens with one attached hydrogen (secondary N) is 2. The Kier molecular flexibility index (Phi) is 4.34. The minimum atomic E-state index is -0.308. The molecule has 3 aromatic rings. The number of piperidine rings is 1. The molecule has 1 fully saturated rings. The first-order chi connectivity index (χ1) is 14.2. The molecule has 2 aromatic heterocycles. The number of hydrazone groups is 1. The van der Waals surface area contributed by atoms with Crippen molar-refractivity contribution in [2.75, 3.05) is 18.0 Å². The van der Waals surface area contributed by atoms with Gasteiger partial charge in [-0.15, -0.1) is 0 Å². The van der Waals surface area contributed by atoms with Crippen molar-refractivity contribution in [1.82, 2.24) is 25.2 Å². The van der Waals surface area contributed by atoms with Gasteiger partial charge in [0.25, 0.3) is 5.56 Å². The number of nitrogens with zero attached hydrogens (tertiary/aromatic N) is 5. The maximum atomic E-state index is 13.1.